The van der Waals surface area contributed by atoms with Gasteiger partial charge in [0.25, 0.3) is 0 Å². The van der Waals surface area contributed by atoms with Crippen LogP contribution >= 0.6 is 0 Å². The molecule has 0 fully saturated rings. The maximum absolute atomic E-state index is 10.5. The molecule has 2 aromatic rings. The Morgan fingerprint density at radius 1 is 1.41 bits per heavy atom. The summed E-state index contributed by atoms with van der Waals surface area (Å²) in [5, 5.41) is 8.64. The van der Waals surface area contributed by atoms with Crippen molar-refractivity contribution < 1.29 is 14.3 Å². The van der Waals surface area contributed by atoms with Crippen LogP contribution in [0.4, 0.5) is 0 Å². The Bertz CT molecular complexity index is 555. The first kappa shape index (κ1) is 11.1. The highest BCUT2D eigenvalue weighted by Crippen LogP contribution is 2.24. The lowest BCUT2D eigenvalue weighted by Gasteiger charge is -1.96. The van der Waals surface area contributed by atoms with Crippen LogP contribution < -0.4 is 0 Å². The molecule has 0 unspecified atom stereocenters. The fourth-order valence-electron chi connectivity index (χ4n) is 1.47. The van der Waals surface area contributed by atoms with Gasteiger partial charge < -0.3 is 9.52 Å². The molecular formula is C13H11NO3. The van der Waals surface area contributed by atoms with Crippen LogP contribution in [0.3, 0.4) is 0 Å². The Labute approximate surface area is 98.2 Å². The predicted molar refractivity (Wildman–Crippen MR) is 63.2 cm³/mol. The van der Waals surface area contributed by atoms with Crippen LogP contribution in [0.1, 0.15) is 12.7 Å². The molecule has 0 bridgehead atoms. The Balaban J connectivity index is 2.31. The van der Waals surface area contributed by atoms with Crippen LogP contribution in [0.15, 0.2) is 47.2 Å². The summed E-state index contributed by atoms with van der Waals surface area (Å²) in [5.74, 6) is 0.235. The van der Waals surface area contributed by atoms with Gasteiger partial charge in [-0.05, 0) is 36.8 Å². The number of nitrogens with zero attached hydrogens (tertiary/aromatic N) is 1. The zero-order valence-electron chi connectivity index (χ0n) is 9.25. The van der Waals surface area contributed by atoms with Crippen molar-refractivity contribution in [2.24, 2.45) is 0 Å². The summed E-state index contributed by atoms with van der Waals surface area (Å²) in [6, 6.07) is 7.24. The first-order valence-corrected chi connectivity index (χ1v) is 5.08. The van der Waals surface area contributed by atoms with Crippen LogP contribution in [0, 0.1) is 0 Å². The van der Waals surface area contributed by atoms with Gasteiger partial charge in [-0.1, -0.05) is 0 Å². The molecule has 0 spiro atoms. The molecule has 2 heterocycles. The number of aliphatic carboxylic acids is 1. The van der Waals surface area contributed by atoms with Crippen molar-refractivity contribution >= 4 is 11.5 Å². The van der Waals surface area contributed by atoms with Crippen molar-refractivity contribution in [1.82, 2.24) is 4.98 Å². The van der Waals surface area contributed by atoms with E-state index in [1.807, 2.05) is 12.1 Å². The molecule has 1 N–H and O–H groups in total. The fraction of sp³-hybridized carbons (Fsp3) is 0.0769. The van der Waals surface area contributed by atoms with Crippen molar-refractivity contribution in [3.05, 3.63) is 48.5 Å². The number of carboxylic acids is 1. The Morgan fingerprint density at radius 3 is 2.88 bits per heavy atom. The molecule has 0 atom stereocenters. The molecule has 86 valence electrons. The minimum Gasteiger partial charge on any atom is -0.478 e. The highest BCUT2D eigenvalue weighted by molar-refractivity contribution is 5.88. The zero-order chi connectivity index (χ0) is 12.3. The predicted octanol–water partition coefficient (Wildman–Crippen LogP) is 2.83. The van der Waals surface area contributed by atoms with E-state index in [4.69, 9.17) is 9.52 Å². The topological polar surface area (TPSA) is 63.3 Å². The molecule has 4 heteroatoms. The Kier molecular flexibility index (Phi) is 3.05. The quantitative estimate of drug-likeness (QED) is 0.822. The van der Waals surface area contributed by atoms with E-state index >= 15 is 0 Å². The lowest BCUT2D eigenvalue weighted by atomic mass is 10.2. The summed E-state index contributed by atoms with van der Waals surface area (Å²) in [5.41, 5.74) is 1.44. The third-order valence-electron chi connectivity index (χ3n) is 2.28. The van der Waals surface area contributed by atoms with Crippen molar-refractivity contribution in [3.63, 3.8) is 0 Å². The van der Waals surface area contributed by atoms with Crippen molar-refractivity contribution in [2.75, 3.05) is 0 Å². The average molecular weight is 229 g/mol. The van der Waals surface area contributed by atoms with E-state index in [0.29, 0.717) is 17.1 Å². The monoisotopic (exact) mass is 229 g/mol. The molecule has 0 amide bonds. The SMILES string of the molecule is C/C(=C\C(=O)O)c1ccc(-c2cccnc2)o1. The standard InChI is InChI=1S/C13H11NO3/c1-9(7-13(15)16)11-4-5-12(17-11)10-3-2-6-14-8-10/h2-8H,1H3,(H,15,16)/b9-7+. The molecule has 0 saturated carbocycles. The van der Waals surface area contributed by atoms with Crippen LogP contribution in [0.25, 0.3) is 16.9 Å². The summed E-state index contributed by atoms with van der Waals surface area (Å²) in [6.45, 7) is 1.69. The number of hydrogen-bond donors (Lipinski definition) is 1. The van der Waals surface area contributed by atoms with E-state index in [2.05, 4.69) is 4.98 Å². The molecular weight excluding hydrogens is 218 g/mol. The Morgan fingerprint density at radius 2 is 2.24 bits per heavy atom. The molecule has 4 nitrogen and oxygen atoms in total. The maximum Gasteiger partial charge on any atom is 0.328 e. The highest BCUT2D eigenvalue weighted by atomic mass is 16.4. The summed E-state index contributed by atoms with van der Waals surface area (Å²) < 4.78 is 5.56. The van der Waals surface area contributed by atoms with Gasteiger partial charge in [-0.2, -0.15) is 0 Å². The van der Waals surface area contributed by atoms with E-state index in [-0.39, 0.29) is 0 Å². The number of carboxylic acid groups (broad SMARTS) is 1. The fourth-order valence-corrected chi connectivity index (χ4v) is 1.47. The van der Waals surface area contributed by atoms with Gasteiger partial charge in [0.2, 0.25) is 0 Å². The number of allylic oxidation sites excluding steroid dienone is 1. The van der Waals surface area contributed by atoms with Gasteiger partial charge in [-0.15, -0.1) is 0 Å². The average Bonchev–Trinajstić information content (AvgIpc) is 2.78. The number of carbonyl (C=O) groups is 1. The normalized spacial score (nSPS) is 11.5. The molecule has 0 aliphatic rings. The number of rotatable bonds is 3. The zero-order valence-corrected chi connectivity index (χ0v) is 9.25. The van der Waals surface area contributed by atoms with E-state index in [9.17, 15) is 4.79 Å². The van der Waals surface area contributed by atoms with E-state index in [1.54, 1.807) is 31.5 Å². The lowest BCUT2D eigenvalue weighted by Crippen LogP contribution is -1.88. The molecule has 0 aliphatic carbocycles. The first-order valence-electron chi connectivity index (χ1n) is 5.08. The second-order valence-electron chi connectivity index (χ2n) is 3.57. The summed E-state index contributed by atoms with van der Waals surface area (Å²) >= 11 is 0. The third kappa shape index (κ3) is 2.60. The van der Waals surface area contributed by atoms with Gasteiger partial charge in [0, 0.05) is 24.0 Å². The van der Waals surface area contributed by atoms with Gasteiger partial charge in [0.1, 0.15) is 11.5 Å². The summed E-state index contributed by atoms with van der Waals surface area (Å²) in [4.78, 5) is 14.5. The second kappa shape index (κ2) is 4.65. The summed E-state index contributed by atoms with van der Waals surface area (Å²) in [6.07, 6.45) is 4.49. The Hall–Kier alpha value is -2.36. The van der Waals surface area contributed by atoms with Gasteiger partial charge in [0.15, 0.2) is 0 Å². The van der Waals surface area contributed by atoms with Gasteiger partial charge >= 0.3 is 5.97 Å². The first-order chi connectivity index (χ1) is 8.16. The van der Waals surface area contributed by atoms with Crippen LogP contribution in [-0.2, 0) is 4.79 Å². The van der Waals surface area contributed by atoms with Crippen LogP contribution in [0.2, 0.25) is 0 Å². The molecule has 0 aliphatic heterocycles. The maximum atomic E-state index is 10.5. The minimum atomic E-state index is -0.984. The van der Waals surface area contributed by atoms with Crippen molar-refractivity contribution in [2.45, 2.75) is 6.92 Å². The van der Waals surface area contributed by atoms with E-state index < -0.39 is 5.97 Å². The number of aromatic nitrogens is 1. The van der Waals surface area contributed by atoms with Crippen LogP contribution in [-0.4, -0.2) is 16.1 Å². The van der Waals surface area contributed by atoms with Crippen molar-refractivity contribution in [1.29, 1.82) is 0 Å². The summed E-state index contributed by atoms with van der Waals surface area (Å²) in [7, 11) is 0. The number of furan rings is 1. The van der Waals surface area contributed by atoms with Crippen molar-refractivity contribution in [3.8, 4) is 11.3 Å². The third-order valence-corrected chi connectivity index (χ3v) is 2.28. The molecule has 2 rings (SSSR count). The molecule has 17 heavy (non-hydrogen) atoms. The molecule has 2 aromatic heterocycles. The second-order valence-corrected chi connectivity index (χ2v) is 3.57. The van der Waals surface area contributed by atoms with Gasteiger partial charge in [-0.3, -0.25) is 4.98 Å². The largest absolute Gasteiger partial charge is 0.478 e. The minimum absolute atomic E-state index is 0.547. The smallest absolute Gasteiger partial charge is 0.328 e. The van der Waals surface area contributed by atoms with Gasteiger partial charge in [-0.25, -0.2) is 4.79 Å². The molecule has 0 radical (unpaired) electrons. The van der Waals surface area contributed by atoms with Crippen LogP contribution in [0.5, 0.6) is 0 Å². The highest BCUT2D eigenvalue weighted by Gasteiger charge is 2.06. The number of hydrogen-bond acceptors (Lipinski definition) is 3. The lowest BCUT2D eigenvalue weighted by molar-refractivity contribution is -0.131. The molecule has 0 aromatic carbocycles. The van der Waals surface area contributed by atoms with E-state index in [0.717, 1.165) is 11.6 Å². The number of pyridine rings is 1. The van der Waals surface area contributed by atoms with Gasteiger partial charge in [0.05, 0.1) is 0 Å². The van der Waals surface area contributed by atoms with E-state index in [1.165, 1.54) is 0 Å². The molecule has 0 saturated heterocycles.